The quantitative estimate of drug-likeness (QED) is 0.336. The maximum Gasteiger partial charge on any atom is 0.264 e. The van der Waals surface area contributed by atoms with Gasteiger partial charge in [0.2, 0.25) is 11.8 Å². The van der Waals surface area contributed by atoms with Gasteiger partial charge >= 0.3 is 0 Å². The van der Waals surface area contributed by atoms with Crippen molar-refractivity contribution in [2.45, 2.75) is 70.0 Å². The van der Waals surface area contributed by atoms with E-state index in [-0.39, 0.29) is 23.4 Å². The molecule has 0 spiro atoms. The first-order chi connectivity index (χ1) is 19.1. The van der Waals surface area contributed by atoms with E-state index in [9.17, 15) is 18.0 Å². The summed E-state index contributed by atoms with van der Waals surface area (Å²) in [4.78, 5) is 28.8. The van der Waals surface area contributed by atoms with E-state index in [2.05, 4.69) is 5.32 Å². The number of hydrogen-bond acceptors (Lipinski definition) is 4. The number of sulfonamides is 1. The molecule has 9 heteroatoms. The number of carbonyl (C=O) groups excluding carboxylic acids is 2. The number of nitrogens with zero attached hydrogens (tertiary/aromatic N) is 2. The lowest BCUT2D eigenvalue weighted by Crippen LogP contribution is -2.52. The highest BCUT2D eigenvalue weighted by molar-refractivity contribution is 7.92. The Morgan fingerprint density at radius 2 is 1.60 bits per heavy atom. The van der Waals surface area contributed by atoms with Gasteiger partial charge in [0.15, 0.2) is 0 Å². The third-order valence-electron chi connectivity index (χ3n) is 7.52. The summed E-state index contributed by atoms with van der Waals surface area (Å²) in [6.07, 6.45) is 3.96. The zero-order chi connectivity index (χ0) is 28.9. The Labute approximate surface area is 242 Å². The molecule has 1 aliphatic carbocycles. The van der Waals surface area contributed by atoms with Crippen LogP contribution in [0.1, 0.15) is 49.3 Å². The van der Waals surface area contributed by atoms with E-state index in [0.29, 0.717) is 10.7 Å². The molecule has 3 aromatic carbocycles. The molecule has 0 aromatic heterocycles. The van der Waals surface area contributed by atoms with Crippen LogP contribution in [0.2, 0.25) is 5.02 Å². The lowest BCUT2D eigenvalue weighted by molar-refractivity contribution is -0.139. The molecule has 0 bridgehead atoms. The number of anilines is 1. The lowest BCUT2D eigenvalue weighted by atomic mass is 10.1. The van der Waals surface area contributed by atoms with Gasteiger partial charge in [0, 0.05) is 17.6 Å². The minimum atomic E-state index is -4.09. The standard InChI is InChI=1S/C31H36ClN3O4S/c1-22-13-18-28(19-23(22)2)35(40(38,39)29-11-5-4-6-12-29)21-30(36)34(20-25-14-16-26(32)17-15-25)24(3)31(37)33-27-9-7-8-10-27/h4-6,11-19,24,27H,7-10,20-21H2,1-3H3,(H,33,37). The lowest BCUT2D eigenvalue weighted by Gasteiger charge is -2.32. The van der Waals surface area contributed by atoms with Crippen LogP contribution in [0, 0.1) is 13.8 Å². The normalized spacial score (nSPS) is 14.5. The number of rotatable bonds is 10. The van der Waals surface area contributed by atoms with Gasteiger partial charge in [-0.15, -0.1) is 0 Å². The third-order valence-corrected chi connectivity index (χ3v) is 9.56. The molecule has 7 nitrogen and oxygen atoms in total. The molecular weight excluding hydrogens is 546 g/mol. The summed E-state index contributed by atoms with van der Waals surface area (Å²) in [6, 6.07) is 19.7. The summed E-state index contributed by atoms with van der Waals surface area (Å²) in [6.45, 7) is 5.19. The molecule has 1 N–H and O–H groups in total. The molecule has 0 heterocycles. The van der Waals surface area contributed by atoms with Gasteiger partial charge in [0.1, 0.15) is 12.6 Å². The van der Waals surface area contributed by atoms with Crippen LogP contribution >= 0.6 is 11.6 Å². The van der Waals surface area contributed by atoms with Gasteiger partial charge in [0.05, 0.1) is 10.6 Å². The van der Waals surface area contributed by atoms with Gasteiger partial charge < -0.3 is 10.2 Å². The van der Waals surface area contributed by atoms with Gasteiger partial charge in [-0.2, -0.15) is 0 Å². The minimum Gasteiger partial charge on any atom is -0.352 e. The molecule has 4 rings (SSSR count). The van der Waals surface area contributed by atoms with Crippen molar-refractivity contribution in [2.24, 2.45) is 0 Å². The molecule has 1 unspecified atom stereocenters. The molecular formula is C31H36ClN3O4S. The monoisotopic (exact) mass is 581 g/mol. The molecule has 0 radical (unpaired) electrons. The summed E-state index contributed by atoms with van der Waals surface area (Å²) in [5, 5.41) is 3.64. The van der Waals surface area contributed by atoms with Crippen LogP contribution in [-0.4, -0.2) is 43.8 Å². The summed E-state index contributed by atoms with van der Waals surface area (Å²) in [7, 11) is -4.09. The van der Waals surface area contributed by atoms with Crippen molar-refractivity contribution < 1.29 is 18.0 Å². The van der Waals surface area contributed by atoms with Crippen molar-refractivity contribution in [3.63, 3.8) is 0 Å². The number of benzene rings is 3. The van der Waals surface area contributed by atoms with Crippen LogP contribution in [-0.2, 0) is 26.2 Å². The Bertz CT molecular complexity index is 1440. The topological polar surface area (TPSA) is 86.8 Å². The zero-order valence-electron chi connectivity index (χ0n) is 23.1. The minimum absolute atomic E-state index is 0.0808. The van der Waals surface area contributed by atoms with Crippen LogP contribution in [0.15, 0.2) is 77.7 Å². The highest BCUT2D eigenvalue weighted by Gasteiger charge is 2.33. The van der Waals surface area contributed by atoms with Gasteiger partial charge in [-0.1, -0.05) is 60.8 Å². The van der Waals surface area contributed by atoms with E-state index in [1.165, 1.54) is 17.0 Å². The van der Waals surface area contributed by atoms with E-state index < -0.39 is 28.5 Å². The maximum atomic E-state index is 14.0. The fourth-order valence-electron chi connectivity index (χ4n) is 4.89. The van der Waals surface area contributed by atoms with Gasteiger partial charge in [-0.3, -0.25) is 13.9 Å². The smallest absolute Gasteiger partial charge is 0.264 e. The van der Waals surface area contributed by atoms with E-state index >= 15 is 0 Å². The Balaban J connectivity index is 1.69. The number of hydrogen-bond donors (Lipinski definition) is 1. The second-order valence-corrected chi connectivity index (χ2v) is 12.7. The van der Waals surface area contributed by atoms with Crippen LogP contribution in [0.25, 0.3) is 0 Å². The first-order valence-electron chi connectivity index (χ1n) is 13.6. The molecule has 0 saturated heterocycles. The Morgan fingerprint density at radius 1 is 0.950 bits per heavy atom. The number of aryl methyl sites for hydroxylation is 2. The molecule has 1 atom stereocenters. The molecule has 3 aromatic rings. The van der Waals surface area contributed by atoms with Gasteiger partial charge in [-0.05, 0) is 86.7 Å². The van der Waals surface area contributed by atoms with Crippen LogP contribution in [0.4, 0.5) is 5.69 Å². The fourth-order valence-corrected chi connectivity index (χ4v) is 6.44. The van der Waals surface area contributed by atoms with Crippen molar-refractivity contribution in [2.75, 3.05) is 10.8 Å². The summed E-state index contributed by atoms with van der Waals surface area (Å²) < 4.78 is 28.9. The van der Waals surface area contributed by atoms with Crippen LogP contribution in [0.3, 0.4) is 0 Å². The van der Waals surface area contributed by atoms with E-state index in [1.54, 1.807) is 61.5 Å². The van der Waals surface area contributed by atoms with Crippen molar-refractivity contribution in [1.29, 1.82) is 0 Å². The molecule has 1 fully saturated rings. The molecule has 1 aliphatic rings. The number of halogens is 1. The molecule has 0 aliphatic heterocycles. The van der Waals surface area contributed by atoms with Crippen molar-refractivity contribution in [1.82, 2.24) is 10.2 Å². The molecule has 212 valence electrons. The van der Waals surface area contributed by atoms with E-state index in [1.807, 2.05) is 19.9 Å². The SMILES string of the molecule is Cc1ccc(N(CC(=O)N(Cc2ccc(Cl)cc2)C(C)C(=O)NC2CCCC2)S(=O)(=O)c2ccccc2)cc1C. The first-order valence-corrected chi connectivity index (χ1v) is 15.4. The van der Waals surface area contributed by atoms with Crippen LogP contribution in [0.5, 0.6) is 0 Å². The third kappa shape index (κ3) is 7.04. The average Bonchev–Trinajstić information content (AvgIpc) is 3.46. The van der Waals surface area contributed by atoms with Gasteiger partial charge in [-0.25, -0.2) is 8.42 Å². The summed E-state index contributed by atoms with van der Waals surface area (Å²) in [5.74, 6) is -0.736. The Morgan fingerprint density at radius 3 is 2.23 bits per heavy atom. The maximum absolute atomic E-state index is 14.0. The molecule has 1 saturated carbocycles. The van der Waals surface area contributed by atoms with Crippen molar-refractivity contribution in [3.8, 4) is 0 Å². The first kappa shape index (κ1) is 29.6. The highest BCUT2D eigenvalue weighted by atomic mass is 35.5. The average molecular weight is 582 g/mol. The fraction of sp³-hybridized carbons (Fsp3) is 0.355. The largest absolute Gasteiger partial charge is 0.352 e. The predicted octanol–water partition coefficient (Wildman–Crippen LogP) is 5.63. The Kier molecular flexibility index (Phi) is 9.53. The summed E-state index contributed by atoms with van der Waals surface area (Å²) >= 11 is 6.07. The van der Waals surface area contributed by atoms with E-state index in [0.717, 1.165) is 46.7 Å². The van der Waals surface area contributed by atoms with E-state index in [4.69, 9.17) is 11.6 Å². The predicted molar refractivity (Wildman–Crippen MR) is 159 cm³/mol. The molecule has 2 amide bonds. The second kappa shape index (κ2) is 12.9. The second-order valence-electron chi connectivity index (χ2n) is 10.4. The number of carbonyl (C=O) groups is 2. The van der Waals surface area contributed by atoms with Crippen LogP contribution < -0.4 is 9.62 Å². The number of amides is 2. The van der Waals surface area contributed by atoms with Gasteiger partial charge in [0.25, 0.3) is 10.0 Å². The Hall–Kier alpha value is -3.36. The molecule has 40 heavy (non-hydrogen) atoms. The summed E-state index contributed by atoms with van der Waals surface area (Å²) in [5.41, 5.74) is 3.07. The number of nitrogens with one attached hydrogen (secondary N) is 1. The van der Waals surface area contributed by atoms with Crippen molar-refractivity contribution in [3.05, 3.63) is 94.5 Å². The van der Waals surface area contributed by atoms with Crippen molar-refractivity contribution >= 4 is 39.1 Å². The highest BCUT2D eigenvalue weighted by Crippen LogP contribution is 2.27. The zero-order valence-corrected chi connectivity index (χ0v) is 24.7.